The molecule has 136 valence electrons. The van der Waals surface area contributed by atoms with Gasteiger partial charge in [0, 0.05) is 17.7 Å². The molecular formula is C18H18N2O3S3. The fourth-order valence-electron chi connectivity index (χ4n) is 3.22. The Labute approximate surface area is 160 Å². The minimum atomic E-state index is -3.33. The molecule has 0 bridgehead atoms. The number of rotatable bonds is 5. The Hall–Kier alpha value is -1.64. The number of sulfone groups is 1. The predicted octanol–water partition coefficient (Wildman–Crippen LogP) is 3.05. The summed E-state index contributed by atoms with van der Waals surface area (Å²) in [5.41, 5.74) is 1.14. The minimum Gasteiger partial charge on any atom is -0.290 e. The van der Waals surface area contributed by atoms with E-state index in [1.807, 2.05) is 0 Å². The van der Waals surface area contributed by atoms with Crippen molar-refractivity contribution in [1.82, 2.24) is 9.55 Å². The number of nitrogens with zero attached hydrogens (tertiary/aromatic N) is 2. The van der Waals surface area contributed by atoms with Crippen molar-refractivity contribution < 1.29 is 8.42 Å². The van der Waals surface area contributed by atoms with Crippen LogP contribution < -0.4 is 5.56 Å². The monoisotopic (exact) mass is 406 g/mol. The standard InChI is InChI=1S/C18H18N2O3S3/c1-20-17(21)15-13-8-5-9-14(13)25-16(15)19-18(20)24-10-11-26(22,23)12-6-3-2-4-7-12/h2-4,6-7H,5,8-11H2,1H3. The Kier molecular flexibility index (Phi) is 4.66. The van der Waals surface area contributed by atoms with E-state index in [0.717, 1.165) is 29.5 Å². The minimum absolute atomic E-state index is 0.0104. The van der Waals surface area contributed by atoms with Crippen LogP contribution in [0.5, 0.6) is 0 Å². The average Bonchev–Trinajstić information content (AvgIpc) is 3.20. The Balaban J connectivity index is 1.57. The number of aryl methyl sites for hydroxylation is 2. The summed E-state index contributed by atoms with van der Waals surface area (Å²) in [6, 6.07) is 8.44. The molecule has 8 heteroatoms. The number of thiophene rings is 1. The van der Waals surface area contributed by atoms with Crippen molar-refractivity contribution in [2.24, 2.45) is 7.05 Å². The van der Waals surface area contributed by atoms with E-state index in [2.05, 4.69) is 4.98 Å². The van der Waals surface area contributed by atoms with Crippen LogP contribution in [-0.4, -0.2) is 29.5 Å². The molecule has 2 aromatic heterocycles. The van der Waals surface area contributed by atoms with Gasteiger partial charge in [-0.05, 0) is 37.0 Å². The molecule has 4 rings (SSSR count). The first-order valence-electron chi connectivity index (χ1n) is 8.39. The van der Waals surface area contributed by atoms with Gasteiger partial charge in [-0.25, -0.2) is 13.4 Å². The Morgan fingerprint density at radius 1 is 1.23 bits per heavy atom. The maximum Gasteiger partial charge on any atom is 0.262 e. The maximum atomic E-state index is 12.7. The SMILES string of the molecule is Cn1c(SCCS(=O)(=O)c2ccccc2)nc2sc3c(c2c1=O)CCC3. The lowest BCUT2D eigenvalue weighted by Gasteiger charge is -2.08. The molecule has 0 N–H and O–H groups in total. The van der Waals surface area contributed by atoms with E-state index in [-0.39, 0.29) is 11.3 Å². The highest BCUT2D eigenvalue weighted by molar-refractivity contribution is 8.00. The van der Waals surface area contributed by atoms with Gasteiger partial charge in [-0.3, -0.25) is 9.36 Å². The molecule has 5 nitrogen and oxygen atoms in total. The zero-order chi connectivity index (χ0) is 18.3. The molecular weight excluding hydrogens is 388 g/mol. The van der Waals surface area contributed by atoms with Gasteiger partial charge in [-0.1, -0.05) is 30.0 Å². The lowest BCUT2D eigenvalue weighted by atomic mass is 10.2. The highest BCUT2D eigenvalue weighted by atomic mass is 32.2. The first-order chi connectivity index (χ1) is 12.5. The molecule has 0 saturated carbocycles. The fraction of sp³-hybridized carbons (Fsp3) is 0.333. The van der Waals surface area contributed by atoms with E-state index in [1.165, 1.54) is 22.2 Å². The largest absolute Gasteiger partial charge is 0.290 e. The van der Waals surface area contributed by atoms with Gasteiger partial charge in [-0.2, -0.15) is 0 Å². The third kappa shape index (κ3) is 3.10. The summed E-state index contributed by atoms with van der Waals surface area (Å²) in [6.45, 7) is 0. The Morgan fingerprint density at radius 2 is 2.00 bits per heavy atom. The van der Waals surface area contributed by atoms with Crippen LogP contribution in [-0.2, 0) is 29.7 Å². The van der Waals surface area contributed by atoms with Crippen LogP contribution in [0, 0.1) is 0 Å². The van der Waals surface area contributed by atoms with Crippen molar-refractivity contribution >= 4 is 43.2 Å². The molecule has 0 unspecified atom stereocenters. The van der Waals surface area contributed by atoms with E-state index in [9.17, 15) is 13.2 Å². The molecule has 0 fully saturated rings. The summed E-state index contributed by atoms with van der Waals surface area (Å²) in [5, 5.41) is 1.33. The van der Waals surface area contributed by atoms with Gasteiger partial charge in [0.15, 0.2) is 15.0 Å². The van der Waals surface area contributed by atoms with Crippen molar-refractivity contribution in [1.29, 1.82) is 0 Å². The molecule has 0 radical (unpaired) electrons. The van der Waals surface area contributed by atoms with Crippen LogP contribution in [0.4, 0.5) is 0 Å². The quantitative estimate of drug-likeness (QED) is 0.481. The molecule has 0 atom stereocenters. The van der Waals surface area contributed by atoms with Gasteiger partial charge in [0.1, 0.15) is 4.83 Å². The summed E-state index contributed by atoms with van der Waals surface area (Å²) in [5.74, 6) is 0.366. The summed E-state index contributed by atoms with van der Waals surface area (Å²) in [6.07, 6.45) is 3.08. The Bertz CT molecular complexity index is 1130. The maximum absolute atomic E-state index is 12.7. The van der Waals surface area contributed by atoms with Gasteiger partial charge in [0.05, 0.1) is 16.0 Å². The smallest absolute Gasteiger partial charge is 0.262 e. The predicted molar refractivity (Wildman–Crippen MR) is 106 cm³/mol. The van der Waals surface area contributed by atoms with Crippen LogP contribution in [0.15, 0.2) is 45.2 Å². The highest BCUT2D eigenvalue weighted by Gasteiger charge is 2.22. The molecule has 0 saturated heterocycles. The van der Waals surface area contributed by atoms with Gasteiger partial charge in [-0.15, -0.1) is 11.3 Å². The van der Waals surface area contributed by atoms with E-state index >= 15 is 0 Å². The van der Waals surface area contributed by atoms with Gasteiger partial charge in [0.2, 0.25) is 0 Å². The number of fused-ring (bicyclic) bond motifs is 3. The van der Waals surface area contributed by atoms with Crippen molar-refractivity contribution in [2.45, 2.75) is 29.3 Å². The van der Waals surface area contributed by atoms with Gasteiger partial charge < -0.3 is 0 Å². The van der Waals surface area contributed by atoms with Crippen molar-refractivity contribution in [3.8, 4) is 0 Å². The highest BCUT2D eigenvalue weighted by Crippen LogP contribution is 2.35. The van der Waals surface area contributed by atoms with Crippen LogP contribution in [0.3, 0.4) is 0 Å². The zero-order valence-corrected chi connectivity index (χ0v) is 16.7. The van der Waals surface area contributed by atoms with E-state index in [4.69, 9.17) is 0 Å². The van der Waals surface area contributed by atoms with E-state index in [0.29, 0.717) is 15.8 Å². The lowest BCUT2D eigenvalue weighted by molar-refractivity contribution is 0.597. The van der Waals surface area contributed by atoms with Gasteiger partial charge >= 0.3 is 0 Å². The molecule has 26 heavy (non-hydrogen) atoms. The summed E-state index contributed by atoms with van der Waals surface area (Å²) in [7, 11) is -1.62. The third-order valence-electron chi connectivity index (χ3n) is 4.59. The Morgan fingerprint density at radius 3 is 2.77 bits per heavy atom. The van der Waals surface area contributed by atoms with Crippen LogP contribution in [0.1, 0.15) is 16.9 Å². The van der Waals surface area contributed by atoms with Crippen LogP contribution >= 0.6 is 23.1 Å². The molecule has 0 spiro atoms. The molecule has 1 aliphatic carbocycles. The summed E-state index contributed by atoms with van der Waals surface area (Å²) in [4.78, 5) is 19.8. The van der Waals surface area contributed by atoms with Gasteiger partial charge in [0.25, 0.3) is 5.56 Å². The number of thioether (sulfide) groups is 1. The summed E-state index contributed by atoms with van der Waals surface area (Å²) >= 11 is 2.92. The number of hydrogen-bond acceptors (Lipinski definition) is 6. The molecule has 1 aliphatic rings. The van der Waals surface area contributed by atoms with Crippen molar-refractivity contribution in [3.63, 3.8) is 0 Å². The second-order valence-corrected chi connectivity index (χ2v) is 10.5. The molecule has 1 aromatic carbocycles. The first kappa shape index (κ1) is 17.8. The summed E-state index contributed by atoms with van der Waals surface area (Å²) < 4.78 is 26.3. The molecule has 0 amide bonds. The van der Waals surface area contributed by atoms with Crippen LogP contribution in [0.25, 0.3) is 10.2 Å². The van der Waals surface area contributed by atoms with E-state index in [1.54, 1.807) is 53.3 Å². The second kappa shape index (κ2) is 6.83. The topological polar surface area (TPSA) is 69.0 Å². The lowest BCUT2D eigenvalue weighted by Crippen LogP contribution is -2.20. The average molecular weight is 407 g/mol. The molecule has 0 aliphatic heterocycles. The van der Waals surface area contributed by atoms with Crippen LogP contribution in [0.2, 0.25) is 0 Å². The molecule has 3 aromatic rings. The van der Waals surface area contributed by atoms with Crippen molar-refractivity contribution in [2.75, 3.05) is 11.5 Å². The second-order valence-electron chi connectivity index (χ2n) is 6.28. The van der Waals surface area contributed by atoms with E-state index < -0.39 is 9.84 Å². The fourth-order valence-corrected chi connectivity index (χ4v) is 7.17. The normalized spacial score (nSPS) is 14.0. The molecule has 2 heterocycles. The first-order valence-corrected chi connectivity index (χ1v) is 11.8. The third-order valence-corrected chi connectivity index (χ3v) is 8.80. The van der Waals surface area contributed by atoms with Crippen molar-refractivity contribution in [3.05, 3.63) is 51.1 Å². The zero-order valence-electron chi connectivity index (χ0n) is 14.3. The number of hydrogen-bond donors (Lipinski definition) is 0. The number of aromatic nitrogens is 2. The number of benzene rings is 1.